The van der Waals surface area contributed by atoms with Crippen LogP contribution in [0.3, 0.4) is 0 Å². The highest BCUT2D eigenvalue weighted by Gasteiger charge is 2.31. The van der Waals surface area contributed by atoms with Crippen molar-refractivity contribution >= 4 is 16.9 Å². The molecule has 4 rings (SSSR count). The first-order chi connectivity index (χ1) is 13.0. The maximum atomic E-state index is 12.5. The molecule has 2 aromatic heterocycles. The van der Waals surface area contributed by atoms with Crippen molar-refractivity contribution in [3.63, 3.8) is 0 Å². The first-order valence-electron chi connectivity index (χ1n) is 9.32. The van der Waals surface area contributed by atoms with Crippen LogP contribution in [0.15, 0.2) is 48.8 Å². The number of nitrogens with zero attached hydrogens (tertiary/aromatic N) is 3. The number of carbonyl (C=O) groups is 1. The summed E-state index contributed by atoms with van der Waals surface area (Å²) in [6.45, 7) is 5.34. The van der Waals surface area contributed by atoms with Gasteiger partial charge in [-0.05, 0) is 38.3 Å². The van der Waals surface area contributed by atoms with E-state index in [1.54, 1.807) is 12.4 Å². The van der Waals surface area contributed by atoms with E-state index in [0.717, 1.165) is 29.4 Å². The normalized spacial score (nSPS) is 18.7. The zero-order valence-corrected chi connectivity index (χ0v) is 15.7. The van der Waals surface area contributed by atoms with Gasteiger partial charge in [-0.3, -0.25) is 4.79 Å². The lowest BCUT2D eigenvalue weighted by Gasteiger charge is -2.19. The van der Waals surface area contributed by atoms with Gasteiger partial charge < -0.3 is 10.1 Å². The number of nitrogens with one attached hydrogen (secondary N) is 1. The predicted molar refractivity (Wildman–Crippen MR) is 104 cm³/mol. The molecule has 1 unspecified atom stereocenters. The lowest BCUT2D eigenvalue weighted by molar-refractivity contribution is -0.0138. The number of hydrogen-bond donors (Lipinski definition) is 1. The maximum Gasteiger partial charge on any atom is 0.252 e. The molecule has 6 nitrogen and oxygen atoms in total. The predicted octanol–water partition coefficient (Wildman–Crippen LogP) is 3.17. The molecule has 0 radical (unpaired) electrons. The van der Waals surface area contributed by atoms with E-state index in [4.69, 9.17) is 4.74 Å². The fraction of sp³-hybridized carbons (Fsp3) is 0.381. The Bertz CT molecular complexity index is 949. The summed E-state index contributed by atoms with van der Waals surface area (Å²) in [7, 11) is 0. The minimum atomic E-state index is -0.131. The van der Waals surface area contributed by atoms with Crippen molar-refractivity contribution < 1.29 is 9.53 Å². The van der Waals surface area contributed by atoms with Crippen molar-refractivity contribution in [3.05, 3.63) is 59.9 Å². The van der Waals surface area contributed by atoms with Crippen LogP contribution in [0.4, 0.5) is 0 Å². The molecule has 1 amide bonds. The largest absolute Gasteiger partial charge is 0.371 e. The Morgan fingerprint density at radius 2 is 2.11 bits per heavy atom. The van der Waals surface area contributed by atoms with Crippen molar-refractivity contribution in [2.75, 3.05) is 6.54 Å². The Morgan fingerprint density at radius 1 is 1.30 bits per heavy atom. The highest BCUT2D eigenvalue weighted by molar-refractivity contribution is 5.96. The van der Waals surface area contributed by atoms with Crippen LogP contribution in [-0.4, -0.2) is 38.9 Å². The summed E-state index contributed by atoms with van der Waals surface area (Å²) < 4.78 is 7.77. The molecule has 1 aromatic carbocycles. The summed E-state index contributed by atoms with van der Waals surface area (Å²) in [6, 6.07) is 12.0. The molecule has 6 heteroatoms. The van der Waals surface area contributed by atoms with Gasteiger partial charge in [-0.1, -0.05) is 30.3 Å². The van der Waals surface area contributed by atoms with Gasteiger partial charge in [0.05, 0.1) is 30.0 Å². The Balaban J connectivity index is 1.43. The van der Waals surface area contributed by atoms with E-state index in [-0.39, 0.29) is 17.6 Å². The minimum Gasteiger partial charge on any atom is -0.371 e. The number of aromatic nitrogens is 3. The SMILES string of the molecule is CC1(C)CCC(CNC(=O)c2cnc3c(cnn3Cc3ccccc3)c2)O1. The van der Waals surface area contributed by atoms with Gasteiger partial charge in [-0.2, -0.15) is 5.10 Å². The van der Waals surface area contributed by atoms with E-state index < -0.39 is 0 Å². The quantitative estimate of drug-likeness (QED) is 0.755. The van der Waals surface area contributed by atoms with Crippen LogP contribution in [-0.2, 0) is 11.3 Å². The van der Waals surface area contributed by atoms with Crippen molar-refractivity contribution in [1.82, 2.24) is 20.1 Å². The number of ether oxygens (including phenoxy) is 1. The number of amides is 1. The van der Waals surface area contributed by atoms with E-state index >= 15 is 0 Å². The van der Waals surface area contributed by atoms with Crippen LogP contribution >= 0.6 is 0 Å². The van der Waals surface area contributed by atoms with Crippen LogP contribution in [0.1, 0.15) is 42.6 Å². The highest BCUT2D eigenvalue weighted by Crippen LogP contribution is 2.28. The number of rotatable bonds is 5. The molecule has 1 atom stereocenters. The number of fused-ring (bicyclic) bond motifs is 1. The standard InChI is InChI=1S/C21H24N4O2/c1-21(2)9-8-18(27-21)13-23-20(26)17-10-16-12-24-25(19(16)22-11-17)14-15-6-4-3-5-7-15/h3-7,10-12,18H,8-9,13-14H2,1-2H3,(H,23,26). The fourth-order valence-corrected chi connectivity index (χ4v) is 3.50. The Morgan fingerprint density at radius 3 is 2.85 bits per heavy atom. The molecule has 1 N–H and O–H groups in total. The molecule has 1 fully saturated rings. The van der Waals surface area contributed by atoms with Gasteiger partial charge in [0.2, 0.25) is 0 Å². The topological polar surface area (TPSA) is 69.0 Å². The molecular weight excluding hydrogens is 340 g/mol. The van der Waals surface area contributed by atoms with Gasteiger partial charge >= 0.3 is 0 Å². The highest BCUT2D eigenvalue weighted by atomic mass is 16.5. The monoisotopic (exact) mass is 364 g/mol. The van der Waals surface area contributed by atoms with Crippen molar-refractivity contribution in [2.24, 2.45) is 0 Å². The zero-order valence-electron chi connectivity index (χ0n) is 15.7. The lowest BCUT2D eigenvalue weighted by Crippen LogP contribution is -2.33. The smallest absolute Gasteiger partial charge is 0.252 e. The van der Waals surface area contributed by atoms with Crippen molar-refractivity contribution in [2.45, 2.75) is 44.9 Å². The molecule has 0 aliphatic carbocycles. The van der Waals surface area contributed by atoms with Crippen LogP contribution < -0.4 is 5.32 Å². The van der Waals surface area contributed by atoms with E-state index in [1.807, 2.05) is 28.9 Å². The summed E-state index contributed by atoms with van der Waals surface area (Å²) in [5.41, 5.74) is 2.38. The molecule has 3 heterocycles. The van der Waals surface area contributed by atoms with Gasteiger partial charge in [0.25, 0.3) is 5.91 Å². The van der Waals surface area contributed by atoms with Crippen molar-refractivity contribution in [1.29, 1.82) is 0 Å². The molecule has 1 saturated heterocycles. The molecule has 0 saturated carbocycles. The molecular formula is C21H24N4O2. The lowest BCUT2D eigenvalue weighted by atomic mass is 10.1. The van der Waals surface area contributed by atoms with Gasteiger partial charge in [-0.15, -0.1) is 0 Å². The fourth-order valence-electron chi connectivity index (χ4n) is 3.50. The summed E-state index contributed by atoms with van der Waals surface area (Å²) in [5, 5.41) is 8.24. The first kappa shape index (κ1) is 17.7. The molecule has 140 valence electrons. The number of benzene rings is 1. The molecule has 1 aliphatic rings. The average molecular weight is 364 g/mol. The van der Waals surface area contributed by atoms with E-state index in [9.17, 15) is 4.79 Å². The summed E-state index contributed by atoms with van der Waals surface area (Å²) in [5.74, 6) is -0.131. The van der Waals surface area contributed by atoms with E-state index in [1.165, 1.54) is 0 Å². The second kappa shape index (κ2) is 7.12. The Hall–Kier alpha value is -2.73. The van der Waals surface area contributed by atoms with E-state index in [2.05, 4.69) is 41.4 Å². The zero-order chi connectivity index (χ0) is 18.9. The minimum absolute atomic E-state index is 0.0780. The molecule has 3 aromatic rings. The van der Waals surface area contributed by atoms with Crippen molar-refractivity contribution in [3.8, 4) is 0 Å². The maximum absolute atomic E-state index is 12.5. The van der Waals surface area contributed by atoms with E-state index in [0.29, 0.717) is 18.7 Å². The van der Waals surface area contributed by atoms with Gasteiger partial charge in [-0.25, -0.2) is 9.67 Å². The second-order valence-corrected chi connectivity index (χ2v) is 7.67. The van der Waals surface area contributed by atoms with Gasteiger partial charge in [0, 0.05) is 18.1 Å². The first-order valence-corrected chi connectivity index (χ1v) is 9.32. The average Bonchev–Trinajstić information content (AvgIpc) is 3.23. The molecule has 1 aliphatic heterocycles. The Kier molecular flexibility index (Phi) is 4.66. The number of pyridine rings is 1. The summed E-state index contributed by atoms with van der Waals surface area (Å²) in [6.07, 6.45) is 5.43. The Labute approximate surface area is 158 Å². The third-order valence-electron chi connectivity index (χ3n) is 4.96. The van der Waals surface area contributed by atoms with Gasteiger partial charge in [0.15, 0.2) is 5.65 Å². The molecule has 0 spiro atoms. The molecule has 27 heavy (non-hydrogen) atoms. The summed E-state index contributed by atoms with van der Waals surface area (Å²) in [4.78, 5) is 16.9. The summed E-state index contributed by atoms with van der Waals surface area (Å²) >= 11 is 0. The number of hydrogen-bond acceptors (Lipinski definition) is 4. The second-order valence-electron chi connectivity index (χ2n) is 7.67. The molecule has 0 bridgehead atoms. The van der Waals surface area contributed by atoms with Crippen LogP contribution in [0.5, 0.6) is 0 Å². The third-order valence-corrected chi connectivity index (χ3v) is 4.96. The third kappa shape index (κ3) is 4.01. The van der Waals surface area contributed by atoms with Crippen LogP contribution in [0.25, 0.3) is 11.0 Å². The van der Waals surface area contributed by atoms with Crippen LogP contribution in [0, 0.1) is 0 Å². The van der Waals surface area contributed by atoms with Crippen LogP contribution in [0.2, 0.25) is 0 Å². The number of carbonyl (C=O) groups excluding carboxylic acids is 1. The van der Waals surface area contributed by atoms with Gasteiger partial charge in [0.1, 0.15) is 0 Å².